The third-order valence-electron chi connectivity index (χ3n) is 7.05. The molecule has 0 radical (unpaired) electrons. The number of benzene rings is 1. The molecule has 0 spiro atoms. The lowest BCUT2D eigenvalue weighted by Crippen LogP contribution is -2.40. The van der Waals surface area contributed by atoms with E-state index < -0.39 is 11.2 Å². The Labute approximate surface area is 220 Å². The van der Waals surface area contributed by atoms with Crippen LogP contribution in [0.4, 0.5) is 11.6 Å². The summed E-state index contributed by atoms with van der Waals surface area (Å²) in [4.78, 5) is 29.1. The van der Waals surface area contributed by atoms with Crippen molar-refractivity contribution in [1.82, 2.24) is 29.2 Å². The topological polar surface area (TPSA) is 121 Å². The Balaban J connectivity index is 1.51. The summed E-state index contributed by atoms with van der Waals surface area (Å²) in [5.41, 5.74) is 0.247. The summed E-state index contributed by atoms with van der Waals surface area (Å²) in [6.45, 7) is 9.04. The highest BCUT2D eigenvalue weighted by Crippen LogP contribution is 2.33. The van der Waals surface area contributed by atoms with E-state index in [1.165, 1.54) is 10.9 Å². The first kappa shape index (κ1) is 25.8. The average molecular weight is 516 g/mol. The molecule has 1 aliphatic rings. The maximum atomic E-state index is 13.2. The van der Waals surface area contributed by atoms with Crippen LogP contribution in [-0.2, 0) is 17.7 Å². The normalized spacial score (nSPS) is 16.0. The Morgan fingerprint density at radius 3 is 2.50 bits per heavy atom. The van der Waals surface area contributed by atoms with E-state index in [0.717, 1.165) is 24.3 Å². The van der Waals surface area contributed by atoms with Crippen LogP contribution >= 0.6 is 0 Å². The molecule has 5 rings (SSSR count). The molecule has 3 aromatic heterocycles. The van der Waals surface area contributed by atoms with Gasteiger partial charge in [0.05, 0.1) is 17.8 Å². The van der Waals surface area contributed by atoms with Gasteiger partial charge in [-0.1, -0.05) is 24.3 Å². The lowest BCUT2D eigenvalue weighted by molar-refractivity contribution is -0.0203. The summed E-state index contributed by atoms with van der Waals surface area (Å²) in [5.74, 6) is 0.755. The van der Waals surface area contributed by atoms with Gasteiger partial charge in [0, 0.05) is 25.0 Å². The fourth-order valence-electron chi connectivity index (χ4n) is 4.76. The predicted molar refractivity (Wildman–Crippen MR) is 147 cm³/mol. The fourth-order valence-corrected chi connectivity index (χ4v) is 4.76. The number of anilines is 2. The van der Waals surface area contributed by atoms with E-state index in [0.29, 0.717) is 41.3 Å². The minimum absolute atomic E-state index is 0.243. The number of nitrogens with one attached hydrogen (secondary N) is 1. The van der Waals surface area contributed by atoms with Gasteiger partial charge in [-0.15, -0.1) is 6.58 Å². The molecule has 3 N–H and O–H groups in total. The Bertz CT molecular complexity index is 1530. The second-order valence-corrected chi connectivity index (χ2v) is 10.4. The first-order valence-corrected chi connectivity index (χ1v) is 12.7. The van der Waals surface area contributed by atoms with Crippen LogP contribution in [0, 0.1) is 0 Å². The summed E-state index contributed by atoms with van der Waals surface area (Å²) >= 11 is 0. The van der Waals surface area contributed by atoms with Crippen molar-refractivity contribution in [3.63, 3.8) is 0 Å². The molecule has 198 valence electrons. The third kappa shape index (κ3) is 4.85. The number of likely N-dealkylation sites (tertiary alicyclic amines) is 1. The molecule has 0 bridgehead atoms. The first-order chi connectivity index (χ1) is 18.1. The number of aromatic nitrogens is 5. The molecule has 0 unspecified atom stereocenters. The number of hydrogen-bond acceptors (Lipinski definition) is 8. The minimum Gasteiger partial charge on any atom is -0.385 e. The van der Waals surface area contributed by atoms with Gasteiger partial charge >= 0.3 is 0 Å². The molecular formula is C28H33N7O3. The van der Waals surface area contributed by atoms with Crippen molar-refractivity contribution in [2.75, 3.05) is 25.5 Å². The van der Waals surface area contributed by atoms with E-state index in [1.807, 2.05) is 24.3 Å². The first-order valence-electron chi connectivity index (χ1n) is 12.7. The Morgan fingerprint density at radius 1 is 1.13 bits per heavy atom. The molecule has 1 aliphatic heterocycles. The van der Waals surface area contributed by atoms with Gasteiger partial charge in [-0.3, -0.25) is 4.79 Å². The highest BCUT2D eigenvalue weighted by Gasteiger charge is 2.32. The zero-order chi connectivity index (χ0) is 27.1. The van der Waals surface area contributed by atoms with Crippen molar-refractivity contribution in [2.24, 2.45) is 0 Å². The molecule has 4 aromatic rings. The largest absolute Gasteiger partial charge is 0.385 e. The SMILES string of the molecule is C=CCn1c(=O)c2cnc(Nc3ccc(C4(O)CCN(C)CC4)cc3)nc2n1-c1cccc(C(C)(C)O)n1. The van der Waals surface area contributed by atoms with Gasteiger partial charge in [-0.25, -0.2) is 19.3 Å². The van der Waals surface area contributed by atoms with Crippen LogP contribution in [-0.4, -0.2) is 59.6 Å². The fraction of sp³-hybridized carbons (Fsp3) is 0.357. The van der Waals surface area contributed by atoms with Crippen LogP contribution in [0.3, 0.4) is 0 Å². The molecule has 0 saturated carbocycles. The van der Waals surface area contributed by atoms with Gasteiger partial charge in [-0.2, -0.15) is 4.98 Å². The van der Waals surface area contributed by atoms with Crippen molar-refractivity contribution >= 4 is 22.7 Å². The van der Waals surface area contributed by atoms with Gasteiger partial charge < -0.3 is 20.4 Å². The molecule has 1 fully saturated rings. The molecule has 0 amide bonds. The smallest absolute Gasteiger partial charge is 0.278 e. The number of piperidine rings is 1. The van der Waals surface area contributed by atoms with Crippen LogP contribution in [0.5, 0.6) is 0 Å². The predicted octanol–water partition coefficient (Wildman–Crippen LogP) is 3.05. The highest BCUT2D eigenvalue weighted by atomic mass is 16.3. The van der Waals surface area contributed by atoms with Gasteiger partial charge in [0.15, 0.2) is 11.5 Å². The monoisotopic (exact) mass is 515 g/mol. The van der Waals surface area contributed by atoms with E-state index in [9.17, 15) is 15.0 Å². The maximum absolute atomic E-state index is 13.2. The third-order valence-corrected chi connectivity index (χ3v) is 7.05. The molecule has 38 heavy (non-hydrogen) atoms. The molecular weight excluding hydrogens is 482 g/mol. The molecule has 0 aliphatic carbocycles. The summed E-state index contributed by atoms with van der Waals surface area (Å²) in [6, 6.07) is 12.9. The second kappa shape index (κ2) is 9.79. The lowest BCUT2D eigenvalue weighted by Gasteiger charge is -2.37. The highest BCUT2D eigenvalue weighted by molar-refractivity contribution is 5.77. The maximum Gasteiger partial charge on any atom is 0.278 e. The molecule has 10 nitrogen and oxygen atoms in total. The summed E-state index contributed by atoms with van der Waals surface area (Å²) < 4.78 is 3.11. The molecule has 1 saturated heterocycles. The summed E-state index contributed by atoms with van der Waals surface area (Å²) in [6.07, 6.45) is 4.51. The average Bonchev–Trinajstić information content (AvgIpc) is 3.17. The quantitative estimate of drug-likeness (QED) is 0.321. The minimum atomic E-state index is -1.16. The molecule has 1 aromatic carbocycles. The van der Waals surface area contributed by atoms with E-state index in [1.54, 1.807) is 42.8 Å². The molecule has 4 heterocycles. The van der Waals surface area contributed by atoms with E-state index in [2.05, 4.69) is 38.8 Å². The van der Waals surface area contributed by atoms with Crippen molar-refractivity contribution in [3.05, 3.63) is 82.9 Å². The number of allylic oxidation sites excluding steroid dienone is 1. The van der Waals surface area contributed by atoms with Gasteiger partial charge in [0.2, 0.25) is 5.95 Å². The van der Waals surface area contributed by atoms with Crippen LogP contribution in [0.25, 0.3) is 16.9 Å². The van der Waals surface area contributed by atoms with Gasteiger partial charge in [0.25, 0.3) is 5.56 Å². The molecule has 0 atom stereocenters. The number of rotatable bonds is 7. The second-order valence-electron chi connectivity index (χ2n) is 10.4. The number of nitrogens with zero attached hydrogens (tertiary/aromatic N) is 6. The number of aliphatic hydroxyl groups is 2. The van der Waals surface area contributed by atoms with E-state index in [-0.39, 0.29) is 12.1 Å². The van der Waals surface area contributed by atoms with Crippen molar-refractivity contribution in [2.45, 2.75) is 44.4 Å². The van der Waals surface area contributed by atoms with Crippen molar-refractivity contribution in [3.8, 4) is 5.82 Å². The van der Waals surface area contributed by atoms with Crippen molar-refractivity contribution < 1.29 is 10.2 Å². The Hall–Kier alpha value is -3.86. The Kier molecular flexibility index (Phi) is 6.64. The van der Waals surface area contributed by atoms with E-state index in [4.69, 9.17) is 0 Å². The zero-order valence-electron chi connectivity index (χ0n) is 21.9. The van der Waals surface area contributed by atoms with Crippen LogP contribution in [0.2, 0.25) is 0 Å². The van der Waals surface area contributed by atoms with Crippen molar-refractivity contribution in [1.29, 1.82) is 0 Å². The van der Waals surface area contributed by atoms with E-state index >= 15 is 0 Å². The number of fused-ring (bicyclic) bond motifs is 1. The summed E-state index contributed by atoms with van der Waals surface area (Å²) in [5, 5.41) is 25.1. The number of pyridine rings is 1. The molecule has 10 heteroatoms. The Morgan fingerprint density at radius 2 is 1.84 bits per heavy atom. The number of hydrogen-bond donors (Lipinski definition) is 3. The van der Waals surface area contributed by atoms with Crippen LogP contribution < -0.4 is 10.9 Å². The van der Waals surface area contributed by atoms with Crippen LogP contribution in [0.15, 0.2) is 66.1 Å². The van der Waals surface area contributed by atoms with Gasteiger partial charge in [-0.05, 0) is 63.6 Å². The van der Waals surface area contributed by atoms with Crippen LogP contribution in [0.1, 0.15) is 37.9 Å². The zero-order valence-corrected chi connectivity index (χ0v) is 21.9. The van der Waals surface area contributed by atoms with Gasteiger partial charge in [0.1, 0.15) is 11.0 Å². The standard InChI is InChI=1S/C28H33N7O3/c1-5-15-34-25(36)21-18-29-26(32-24(21)35(34)23-8-6-7-22(31-23)27(2,3)37)30-20-11-9-19(10-12-20)28(38)13-16-33(4)17-14-28/h5-12,18,37-38H,1,13-17H2,2-4H3,(H,29,30,32). The lowest BCUT2D eigenvalue weighted by atomic mass is 9.84. The summed E-state index contributed by atoms with van der Waals surface area (Å²) in [7, 11) is 2.06.